The SMILES string of the molecule is O=C(N/N=C\c1ccc(OCc2cccc3ccccc23)c(Br)c1)c1ccc2ccccc2c1. The van der Waals surface area contributed by atoms with Gasteiger partial charge in [-0.3, -0.25) is 4.79 Å². The summed E-state index contributed by atoms with van der Waals surface area (Å²) in [7, 11) is 0. The number of carbonyl (C=O) groups is 1. The van der Waals surface area contributed by atoms with E-state index in [4.69, 9.17) is 4.74 Å². The van der Waals surface area contributed by atoms with Crippen molar-refractivity contribution in [1.29, 1.82) is 0 Å². The first kappa shape index (κ1) is 21.9. The summed E-state index contributed by atoms with van der Waals surface area (Å²) in [5.41, 5.74) is 5.13. The van der Waals surface area contributed by atoms with Crippen molar-refractivity contribution < 1.29 is 9.53 Å². The minimum Gasteiger partial charge on any atom is -0.488 e. The normalized spacial score (nSPS) is 11.2. The van der Waals surface area contributed by atoms with Gasteiger partial charge in [0.25, 0.3) is 5.91 Å². The van der Waals surface area contributed by atoms with Crippen molar-refractivity contribution in [2.24, 2.45) is 5.10 Å². The van der Waals surface area contributed by atoms with Crippen LogP contribution in [0.3, 0.4) is 0 Å². The molecule has 1 amide bonds. The van der Waals surface area contributed by atoms with Crippen molar-refractivity contribution in [3.8, 4) is 5.75 Å². The number of benzene rings is 5. The molecule has 0 aromatic heterocycles. The largest absolute Gasteiger partial charge is 0.488 e. The number of halogens is 1. The minimum absolute atomic E-state index is 0.254. The maximum Gasteiger partial charge on any atom is 0.271 e. The van der Waals surface area contributed by atoms with Gasteiger partial charge < -0.3 is 4.74 Å². The first-order valence-corrected chi connectivity index (χ1v) is 11.7. The van der Waals surface area contributed by atoms with Crippen molar-refractivity contribution in [2.75, 3.05) is 0 Å². The van der Waals surface area contributed by atoms with Crippen LogP contribution in [-0.4, -0.2) is 12.1 Å². The van der Waals surface area contributed by atoms with Gasteiger partial charge in [0.05, 0.1) is 10.7 Å². The van der Waals surface area contributed by atoms with Gasteiger partial charge in [-0.1, -0.05) is 72.8 Å². The number of amides is 1. The van der Waals surface area contributed by atoms with Crippen LogP contribution in [0.25, 0.3) is 21.5 Å². The Bertz CT molecular complexity index is 1520. The molecule has 5 heteroatoms. The monoisotopic (exact) mass is 508 g/mol. The van der Waals surface area contributed by atoms with Crippen LogP contribution in [0.5, 0.6) is 5.75 Å². The minimum atomic E-state index is -0.254. The molecule has 4 nitrogen and oxygen atoms in total. The van der Waals surface area contributed by atoms with Gasteiger partial charge in [0.15, 0.2) is 0 Å². The van der Waals surface area contributed by atoms with Crippen LogP contribution in [0.2, 0.25) is 0 Å². The summed E-state index contributed by atoms with van der Waals surface area (Å²) in [4.78, 5) is 12.5. The fraction of sp³-hybridized carbons (Fsp3) is 0.0345. The molecule has 5 aromatic rings. The van der Waals surface area contributed by atoms with Crippen molar-refractivity contribution in [3.05, 3.63) is 124 Å². The zero-order valence-electron chi connectivity index (χ0n) is 18.2. The lowest BCUT2D eigenvalue weighted by Gasteiger charge is -2.11. The van der Waals surface area contributed by atoms with E-state index in [0.29, 0.717) is 12.2 Å². The summed E-state index contributed by atoms with van der Waals surface area (Å²) in [6.07, 6.45) is 1.61. The van der Waals surface area contributed by atoms with Crippen LogP contribution in [0.4, 0.5) is 0 Å². The van der Waals surface area contributed by atoms with E-state index in [1.807, 2.05) is 72.8 Å². The van der Waals surface area contributed by atoms with Crippen LogP contribution < -0.4 is 10.2 Å². The van der Waals surface area contributed by atoms with Crippen molar-refractivity contribution in [3.63, 3.8) is 0 Å². The molecule has 0 fully saturated rings. The third kappa shape index (κ3) is 4.85. The molecule has 0 spiro atoms. The molecule has 0 aliphatic carbocycles. The van der Waals surface area contributed by atoms with Crippen LogP contribution in [-0.2, 0) is 6.61 Å². The summed E-state index contributed by atoms with van der Waals surface area (Å²) < 4.78 is 6.88. The Balaban J connectivity index is 1.23. The molecule has 0 unspecified atom stereocenters. The highest BCUT2D eigenvalue weighted by Gasteiger charge is 2.07. The predicted molar refractivity (Wildman–Crippen MR) is 141 cm³/mol. The number of carbonyl (C=O) groups excluding carboxylic acids is 1. The number of ether oxygens (including phenoxy) is 1. The molecule has 34 heavy (non-hydrogen) atoms. The first-order chi connectivity index (χ1) is 16.7. The van der Waals surface area contributed by atoms with Crippen LogP contribution in [0.15, 0.2) is 113 Å². The average molecular weight is 509 g/mol. The molecular weight excluding hydrogens is 488 g/mol. The smallest absolute Gasteiger partial charge is 0.271 e. The van der Waals surface area contributed by atoms with E-state index in [1.165, 1.54) is 10.8 Å². The maximum absolute atomic E-state index is 12.5. The Morgan fingerprint density at radius 2 is 1.59 bits per heavy atom. The van der Waals surface area contributed by atoms with Crippen LogP contribution >= 0.6 is 15.9 Å². The summed E-state index contributed by atoms with van der Waals surface area (Å²) in [5, 5.41) is 8.60. The van der Waals surface area contributed by atoms with Crippen molar-refractivity contribution >= 4 is 49.6 Å². The molecule has 0 aliphatic heterocycles. The third-order valence-corrected chi connectivity index (χ3v) is 6.23. The van der Waals surface area contributed by atoms with Crippen molar-refractivity contribution in [2.45, 2.75) is 6.61 Å². The topological polar surface area (TPSA) is 50.7 Å². The van der Waals surface area contributed by atoms with E-state index in [0.717, 1.165) is 32.1 Å². The summed E-state index contributed by atoms with van der Waals surface area (Å²) in [6, 6.07) is 33.7. The van der Waals surface area contributed by atoms with Crippen LogP contribution in [0.1, 0.15) is 21.5 Å². The average Bonchev–Trinajstić information content (AvgIpc) is 2.88. The Morgan fingerprint density at radius 1 is 0.824 bits per heavy atom. The molecule has 0 radical (unpaired) electrons. The summed E-state index contributed by atoms with van der Waals surface area (Å²) in [5.74, 6) is 0.487. The quantitative estimate of drug-likeness (QED) is 0.196. The molecule has 0 saturated heterocycles. The maximum atomic E-state index is 12.5. The number of nitrogens with one attached hydrogen (secondary N) is 1. The van der Waals surface area contributed by atoms with Crippen molar-refractivity contribution in [1.82, 2.24) is 5.43 Å². The molecule has 5 rings (SSSR count). The van der Waals surface area contributed by atoms with E-state index in [2.05, 4.69) is 50.7 Å². The predicted octanol–water partition coefficient (Wildman–Crippen LogP) is 7.10. The lowest BCUT2D eigenvalue weighted by atomic mass is 10.1. The van der Waals surface area contributed by atoms with Gasteiger partial charge >= 0.3 is 0 Å². The highest BCUT2D eigenvalue weighted by Crippen LogP contribution is 2.27. The van der Waals surface area contributed by atoms with Gasteiger partial charge in [-0.05, 0) is 78.9 Å². The second kappa shape index (κ2) is 9.89. The highest BCUT2D eigenvalue weighted by atomic mass is 79.9. The molecular formula is C29H21BrN2O2. The van der Waals surface area contributed by atoms with Crippen LogP contribution in [0, 0.1) is 0 Å². The van der Waals surface area contributed by atoms with Gasteiger partial charge in [-0.15, -0.1) is 0 Å². The molecule has 0 bridgehead atoms. The number of hydrogen-bond donors (Lipinski definition) is 1. The van der Waals surface area contributed by atoms with E-state index in [9.17, 15) is 4.79 Å². The fourth-order valence-electron chi connectivity index (χ4n) is 3.85. The van der Waals surface area contributed by atoms with Gasteiger partial charge in [0.1, 0.15) is 12.4 Å². The molecule has 0 aliphatic rings. The Kier molecular flexibility index (Phi) is 6.36. The second-order valence-corrected chi connectivity index (χ2v) is 8.73. The number of fused-ring (bicyclic) bond motifs is 2. The number of nitrogens with zero attached hydrogens (tertiary/aromatic N) is 1. The number of rotatable bonds is 6. The van der Waals surface area contributed by atoms with Gasteiger partial charge in [0.2, 0.25) is 0 Å². The molecule has 1 N–H and O–H groups in total. The van der Waals surface area contributed by atoms with Gasteiger partial charge in [-0.2, -0.15) is 5.10 Å². The fourth-order valence-corrected chi connectivity index (χ4v) is 4.36. The van der Waals surface area contributed by atoms with Gasteiger partial charge in [-0.25, -0.2) is 5.43 Å². The molecule has 166 valence electrons. The molecule has 0 atom stereocenters. The zero-order chi connectivity index (χ0) is 23.3. The van der Waals surface area contributed by atoms with E-state index < -0.39 is 0 Å². The second-order valence-electron chi connectivity index (χ2n) is 7.88. The Morgan fingerprint density at radius 3 is 2.44 bits per heavy atom. The highest BCUT2D eigenvalue weighted by molar-refractivity contribution is 9.10. The van der Waals surface area contributed by atoms with E-state index in [1.54, 1.807) is 12.3 Å². The molecule has 5 aromatic carbocycles. The Labute approximate surface area is 206 Å². The summed E-state index contributed by atoms with van der Waals surface area (Å²) >= 11 is 3.58. The van der Waals surface area contributed by atoms with E-state index in [-0.39, 0.29) is 5.91 Å². The first-order valence-electron chi connectivity index (χ1n) is 10.9. The van der Waals surface area contributed by atoms with E-state index >= 15 is 0 Å². The molecule has 0 saturated carbocycles. The zero-order valence-corrected chi connectivity index (χ0v) is 19.8. The third-order valence-electron chi connectivity index (χ3n) is 5.61. The van der Waals surface area contributed by atoms with Gasteiger partial charge in [0, 0.05) is 5.56 Å². The number of hydrazone groups is 1. The summed E-state index contributed by atoms with van der Waals surface area (Å²) in [6.45, 7) is 0.467. The number of hydrogen-bond acceptors (Lipinski definition) is 3. The lowest BCUT2D eigenvalue weighted by molar-refractivity contribution is 0.0955. The lowest BCUT2D eigenvalue weighted by Crippen LogP contribution is -2.17. The Hall–Kier alpha value is -3.96. The molecule has 0 heterocycles. The standard InChI is InChI=1S/C29H21BrN2O2/c30-27-16-20(18-31-32-29(33)24-14-13-21-6-1-2-8-23(21)17-24)12-15-28(27)34-19-25-10-5-9-22-7-3-4-11-26(22)25/h1-18H,19H2,(H,32,33)/b31-18-.